The minimum absolute atomic E-state index is 0.0879. The molecule has 0 unspecified atom stereocenters. The van der Waals surface area contributed by atoms with E-state index in [0.717, 1.165) is 17.1 Å². The molecule has 2 aromatic carbocycles. The first-order chi connectivity index (χ1) is 10.6. The molecule has 0 aliphatic carbocycles. The molecule has 2 aromatic rings. The zero-order valence-corrected chi connectivity index (χ0v) is 13.1. The highest BCUT2D eigenvalue weighted by atomic mass is 16.5. The molecule has 4 nitrogen and oxygen atoms in total. The number of benzene rings is 2. The van der Waals surface area contributed by atoms with Crippen molar-refractivity contribution in [3.8, 4) is 11.5 Å². The first-order valence-electron chi connectivity index (χ1n) is 7.23. The summed E-state index contributed by atoms with van der Waals surface area (Å²) in [5.41, 5.74) is 1.55. The van der Waals surface area contributed by atoms with Gasteiger partial charge in [-0.2, -0.15) is 0 Å². The smallest absolute Gasteiger partial charge is 0.251 e. The number of carbonyl (C=O) groups is 1. The molecule has 1 atom stereocenters. The first kappa shape index (κ1) is 15.9. The monoisotopic (exact) mass is 299 g/mol. The predicted octanol–water partition coefficient (Wildman–Crippen LogP) is 3.20. The van der Waals surface area contributed by atoms with Crippen LogP contribution in [-0.2, 0) is 0 Å². The minimum atomic E-state index is -0.116. The standard InChI is InChI=1S/C18H21NO3/c1-13-11-15(9-10-17(13)21-3)18(20)19-14(2)12-22-16-7-5-4-6-8-16/h4-11,14H,12H2,1-3H3,(H,19,20)/t14-/m1/s1. The fraction of sp³-hybridized carbons (Fsp3) is 0.278. The Kier molecular flexibility index (Phi) is 5.42. The summed E-state index contributed by atoms with van der Waals surface area (Å²) in [7, 11) is 1.62. The van der Waals surface area contributed by atoms with Crippen LogP contribution in [0.15, 0.2) is 48.5 Å². The van der Waals surface area contributed by atoms with Gasteiger partial charge in [-0.15, -0.1) is 0 Å². The number of rotatable bonds is 6. The average molecular weight is 299 g/mol. The van der Waals surface area contributed by atoms with Crippen LogP contribution in [0, 0.1) is 6.92 Å². The summed E-state index contributed by atoms with van der Waals surface area (Å²) in [6, 6.07) is 14.8. The number of carbonyl (C=O) groups excluding carboxylic acids is 1. The average Bonchev–Trinajstić information content (AvgIpc) is 2.53. The van der Waals surface area contributed by atoms with Gasteiger partial charge in [0.2, 0.25) is 0 Å². The second-order valence-corrected chi connectivity index (χ2v) is 5.18. The van der Waals surface area contributed by atoms with Crippen LogP contribution in [0.2, 0.25) is 0 Å². The van der Waals surface area contributed by atoms with Gasteiger partial charge in [-0.25, -0.2) is 0 Å². The Morgan fingerprint density at radius 2 is 1.91 bits per heavy atom. The van der Waals surface area contributed by atoms with Crippen LogP contribution in [0.1, 0.15) is 22.8 Å². The summed E-state index contributed by atoms with van der Waals surface area (Å²) in [4.78, 5) is 12.2. The number of hydrogen-bond acceptors (Lipinski definition) is 3. The zero-order chi connectivity index (χ0) is 15.9. The predicted molar refractivity (Wildman–Crippen MR) is 86.6 cm³/mol. The number of ether oxygens (including phenoxy) is 2. The third-order valence-electron chi connectivity index (χ3n) is 3.28. The maximum absolute atomic E-state index is 12.2. The molecule has 0 spiro atoms. The Labute approximate surface area is 131 Å². The molecule has 0 saturated carbocycles. The van der Waals surface area contributed by atoms with Crippen LogP contribution in [0.5, 0.6) is 11.5 Å². The van der Waals surface area contributed by atoms with Crippen molar-refractivity contribution in [1.29, 1.82) is 0 Å². The molecule has 0 fully saturated rings. The highest BCUT2D eigenvalue weighted by Gasteiger charge is 2.11. The molecule has 0 aromatic heterocycles. The van der Waals surface area contributed by atoms with Gasteiger partial charge in [-0.1, -0.05) is 18.2 Å². The Morgan fingerprint density at radius 3 is 2.55 bits per heavy atom. The SMILES string of the molecule is COc1ccc(C(=O)N[C@H](C)COc2ccccc2)cc1C. The molecular weight excluding hydrogens is 278 g/mol. The van der Waals surface area contributed by atoms with Crippen LogP contribution >= 0.6 is 0 Å². The van der Waals surface area contributed by atoms with Crippen LogP contribution in [0.25, 0.3) is 0 Å². The first-order valence-corrected chi connectivity index (χ1v) is 7.23. The molecule has 1 amide bonds. The normalized spacial score (nSPS) is 11.6. The zero-order valence-electron chi connectivity index (χ0n) is 13.1. The molecule has 1 N–H and O–H groups in total. The summed E-state index contributed by atoms with van der Waals surface area (Å²) in [5, 5.41) is 2.93. The van der Waals surface area contributed by atoms with Crippen molar-refractivity contribution in [1.82, 2.24) is 5.32 Å². The van der Waals surface area contributed by atoms with Gasteiger partial charge in [-0.05, 0) is 49.7 Å². The van der Waals surface area contributed by atoms with E-state index in [1.165, 1.54) is 0 Å². The van der Waals surface area contributed by atoms with Crippen LogP contribution in [0.3, 0.4) is 0 Å². The van der Waals surface area contributed by atoms with Crippen LogP contribution in [-0.4, -0.2) is 25.7 Å². The van der Waals surface area contributed by atoms with E-state index in [1.807, 2.05) is 50.2 Å². The molecule has 0 bridgehead atoms. The molecule has 22 heavy (non-hydrogen) atoms. The van der Waals surface area contributed by atoms with E-state index >= 15 is 0 Å². The summed E-state index contributed by atoms with van der Waals surface area (Å²) in [5.74, 6) is 1.45. The van der Waals surface area contributed by atoms with Crippen molar-refractivity contribution in [2.24, 2.45) is 0 Å². The van der Waals surface area contributed by atoms with E-state index < -0.39 is 0 Å². The molecule has 0 heterocycles. The van der Waals surface area contributed by atoms with Crippen molar-refractivity contribution >= 4 is 5.91 Å². The summed E-state index contributed by atoms with van der Waals surface area (Å²) >= 11 is 0. The fourth-order valence-corrected chi connectivity index (χ4v) is 2.11. The van der Waals surface area contributed by atoms with Gasteiger partial charge in [0.15, 0.2) is 0 Å². The van der Waals surface area contributed by atoms with E-state index in [0.29, 0.717) is 12.2 Å². The Bertz CT molecular complexity index is 625. The quantitative estimate of drug-likeness (QED) is 0.891. The van der Waals surface area contributed by atoms with E-state index in [2.05, 4.69) is 5.32 Å². The van der Waals surface area contributed by atoms with Crippen LogP contribution < -0.4 is 14.8 Å². The van der Waals surface area contributed by atoms with Gasteiger partial charge in [0.05, 0.1) is 13.2 Å². The minimum Gasteiger partial charge on any atom is -0.496 e. The number of amides is 1. The lowest BCUT2D eigenvalue weighted by Crippen LogP contribution is -2.36. The Hall–Kier alpha value is -2.49. The van der Waals surface area contributed by atoms with E-state index in [9.17, 15) is 4.79 Å². The molecular formula is C18H21NO3. The lowest BCUT2D eigenvalue weighted by molar-refractivity contribution is 0.0926. The third kappa shape index (κ3) is 4.25. The van der Waals surface area contributed by atoms with Gasteiger partial charge >= 0.3 is 0 Å². The third-order valence-corrected chi connectivity index (χ3v) is 3.28. The highest BCUT2D eigenvalue weighted by molar-refractivity contribution is 5.94. The number of aryl methyl sites for hydroxylation is 1. The van der Waals surface area contributed by atoms with Gasteiger partial charge in [0.25, 0.3) is 5.91 Å². The molecule has 116 valence electrons. The van der Waals surface area contributed by atoms with Gasteiger partial charge in [0, 0.05) is 5.56 Å². The Morgan fingerprint density at radius 1 is 1.18 bits per heavy atom. The van der Waals surface area contributed by atoms with E-state index in [-0.39, 0.29) is 11.9 Å². The lowest BCUT2D eigenvalue weighted by Gasteiger charge is -2.15. The van der Waals surface area contributed by atoms with Crippen molar-refractivity contribution in [3.63, 3.8) is 0 Å². The van der Waals surface area contributed by atoms with Crippen LogP contribution in [0.4, 0.5) is 0 Å². The molecule has 4 heteroatoms. The molecule has 0 saturated heterocycles. The summed E-state index contributed by atoms with van der Waals surface area (Å²) in [6.45, 7) is 4.25. The maximum atomic E-state index is 12.2. The van der Waals surface area contributed by atoms with E-state index in [4.69, 9.17) is 9.47 Å². The molecule has 2 rings (SSSR count). The fourth-order valence-electron chi connectivity index (χ4n) is 2.11. The highest BCUT2D eigenvalue weighted by Crippen LogP contribution is 2.18. The summed E-state index contributed by atoms with van der Waals surface area (Å²) < 4.78 is 10.8. The van der Waals surface area contributed by atoms with Gasteiger partial charge in [-0.3, -0.25) is 4.79 Å². The number of methoxy groups -OCH3 is 1. The Balaban J connectivity index is 1.89. The van der Waals surface area contributed by atoms with Crippen molar-refractivity contribution < 1.29 is 14.3 Å². The van der Waals surface area contributed by atoms with Crippen molar-refractivity contribution in [2.75, 3.05) is 13.7 Å². The lowest BCUT2D eigenvalue weighted by atomic mass is 10.1. The summed E-state index contributed by atoms with van der Waals surface area (Å²) in [6.07, 6.45) is 0. The number of para-hydroxylation sites is 1. The van der Waals surface area contributed by atoms with Gasteiger partial charge in [0.1, 0.15) is 18.1 Å². The van der Waals surface area contributed by atoms with Gasteiger partial charge < -0.3 is 14.8 Å². The van der Waals surface area contributed by atoms with E-state index in [1.54, 1.807) is 19.2 Å². The van der Waals surface area contributed by atoms with Crippen molar-refractivity contribution in [2.45, 2.75) is 19.9 Å². The molecule has 0 aliphatic rings. The second-order valence-electron chi connectivity index (χ2n) is 5.18. The second kappa shape index (κ2) is 7.50. The molecule has 0 aliphatic heterocycles. The number of hydrogen-bond donors (Lipinski definition) is 1. The topological polar surface area (TPSA) is 47.6 Å². The number of nitrogens with one attached hydrogen (secondary N) is 1. The molecule has 0 radical (unpaired) electrons. The maximum Gasteiger partial charge on any atom is 0.251 e. The van der Waals surface area contributed by atoms with Crippen molar-refractivity contribution in [3.05, 3.63) is 59.7 Å². The largest absolute Gasteiger partial charge is 0.496 e.